The third-order valence-corrected chi connectivity index (χ3v) is 3.48. The smallest absolute Gasteiger partial charge is 0.385 e. The van der Waals surface area contributed by atoms with E-state index in [1.807, 2.05) is 6.26 Å². The molecular weight excluding hydrogens is 327 g/mol. The number of halogens is 4. The van der Waals surface area contributed by atoms with Crippen molar-refractivity contribution in [2.75, 3.05) is 23.9 Å². The summed E-state index contributed by atoms with van der Waals surface area (Å²) in [5.74, 6) is 1.08. The minimum atomic E-state index is -4.31. The highest BCUT2D eigenvalue weighted by Crippen LogP contribution is 2.33. The molecule has 0 radical (unpaired) electrons. The van der Waals surface area contributed by atoms with Gasteiger partial charge in [-0.25, -0.2) is 0 Å². The van der Waals surface area contributed by atoms with Gasteiger partial charge in [0.25, 0.3) is 0 Å². The van der Waals surface area contributed by atoms with Gasteiger partial charge in [-0.1, -0.05) is 15.9 Å². The van der Waals surface area contributed by atoms with Gasteiger partial charge in [0.15, 0.2) is 0 Å². The second kappa shape index (κ2) is 7.28. The van der Waals surface area contributed by atoms with E-state index in [1.54, 1.807) is 17.8 Å². The zero-order valence-electron chi connectivity index (χ0n) is 9.98. The molecule has 1 aromatic carbocycles. The Labute approximate surface area is 118 Å². The fourth-order valence-corrected chi connectivity index (χ4v) is 2.45. The predicted octanol–water partition coefficient (Wildman–Crippen LogP) is 5.02. The van der Waals surface area contributed by atoms with E-state index in [9.17, 15) is 13.2 Å². The minimum Gasteiger partial charge on any atom is -0.385 e. The van der Waals surface area contributed by atoms with Crippen LogP contribution in [-0.4, -0.2) is 18.6 Å². The van der Waals surface area contributed by atoms with Crippen LogP contribution in [0.2, 0.25) is 0 Å². The van der Waals surface area contributed by atoms with Crippen molar-refractivity contribution in [1.29, 1.82) is 0 Å². The number of thioether (sulfide) groups is 1. The van der Waals surface area contributed by atoms with E-state index >= 15 is 0 Å². The third-order valence-electron chi connectivity index (χ3n) is 2.33. The third kappa shape index (κ3) is 5.52. The second-order valence-corrected chi connectivity index (χ2v) is 5.75. The molecule has 1 N–H and O–H groups in total. The molecule has 0 aromatic heterocycles. The summed E-state index contributed by atoms with van der Waals surface area (Å²) in [7, 11) is 0. The van der Waals surface area contributed by atoms with Crippen molar-refractivity contribution in [3.8, 4) is 0 Å². The number of hydrogen-bond acceptors (Lipinski definition) is 2. The zero-order valence-corrected chi connectivity index (χ0v) is 12.4. The first-order valence-corrected chi connectivity index (χ1v) is 7.73. The second-order valence-electron chi connectivity index (χ2n) is 3.85. The molecule has 0 aliphatic rings. The van der Waals surface area contributed by atoms with Crippen molar-refractivity contribution in [2.24, 2.45) is 0 Å². The fourth-order valence-electron chi connectivity index (χ4n) is 1.46. The summed E-state index contributed by atoms with van der Waals surface area (Å²) in [6, 6.07) is 3.88. The molecule has 1 nitrogen and oxygen atoms in total. The lowest BCUT2D eigenvalue weighted by Gasteiger charge is -2.11. The van der Waals surface area contributed by atoms with Gasteiger partial charge in [0.05, 0.1) is 5.56 Å². The molecule has 18 heavy (non-hydrogen) atoms. The van der Waals surface area contributed by atoms with Gasteiger partial charge in [-0.05, 0) is 43.0 Å². The van der Waals surface area contributed by atoms with Gasteiger partial charge < -0.3 is 5.32 Å². The Kier molecular flexibility index (Phi) is 6.35. The molecule has 0 saturated carbocycles. The van der Waals surface area contributed by atoms with Gasteiger partial charge >= 0.3 is 6.18 Å². The van der Waals surface area contributed by atoms with Gasteiger partial charge in [0, 0.05) is 16.7 Å². The number of nitrogens with one attached hydrogen (secondary N) is 1. The van der Waals surface area contributed by atoms with Crippen molar-refractivity contribution in [3.05, 3.63) is 28.2 Å². The van der Waals surface area contributed by atoms with Crippen LogP contribution in [0.25, 0.3) is 0 Å². The van der Waals surface area contributed by atoms with E-state index in [0.29, 0.717) is 16.7 Å². The number of alkyl halides is 3. The van der Waals surface area contributed by atoms with Crippen molar-refractivity contribution in [3.63, 3.8) is 0 Å². The van der Waals surface area contributed by atoms with Gasteiger partial charge in [-0.3, -0.25) is 0 Å². The molecule has 0 aliphatic carbocycles. The number of benzene rings is 1. The lowest BCUT2D eigenvalue weighted by molar-refractivity contribution is -0.137. The monoisotopic (exact) mass is 341 g/mol. The molecule has 0 saturated heterocycles. The van der Waals surface area contributed by atoms with E-state index in [-0.39, 0.29) is 0 Å². The molecule has 1 aromatic rings. The van der Waals surface area contributed by atoms with Crippen LogP contribution in [-0.2, 0) is 6.18 Å². The summed E-state index contributed by atoms with van der Waals surface area (Å²) >= 11 is 4.87. The van der Waals surface area contributed by atoms with Crippen LogP contribution in [0, 0.1) is 0 Å². The Morgan fingerprint density at radius 2 is 1.94 bits per heavy atom. The fraction of sp³-hybridized carbons (Fsp3) is 0.500. The molecule has 0 fully saturated rings. The number of unbranched alkanes of at least 4 members (excludes halogenated alkanes) is 1. The quantitative estimate of drug-likeness (QED) is 0.729. The number of hydrogen-bond donors (Lipinski definition) is 1. The maximum absolute atomic E-state index is 12.6. The normalized spacial score (nSPS) is 11.6. The SMILES string of the molecule is CSCCCCNc1cc(Br)cc(C(F)(F)F)c1. The topological polar surface area (TPSA) is 12.0 Å². The highest BCUT2D eigenvalue weighted by Gasteiger charge is 2.31. The standard InChI is InChI=1S/C12H15BrF3NS/c1-18-5-3-2-4-17-11-7-9(12(14,15)16)6-10(13)8-11/h6-8,17H,2-5H2,1H3. The van der Waals surface area contributed by atoms with Gasteiger partial charge in [-0.2, -0.15) is 24.9 Å². The molecule has 0 spiro atoms. The molecule has 0 heterocycles. The Morgan fingerprint density at radius 3 is 2.56 bits per heavy atom. The number of rotatable bonds is 6. The Morgan fingerprint density at radius 1 is 1.22 bits per heavy atom. The van der Waals surface area contributed by atoms with Crippen LogP contribution >= 0.6 is 27.7 Å². The molecule has 0 atom stereocenters. The van der Waals surface area contributed by atoms with Crippen LogP contribution in [0.15, 0.2) is 22.7 Å². The summed E-state index contributed by atoms with van der Waals surface area (Å²) in [5.41, 5.74) is -0.135. The van der Waals surface area contributed by atoms with Crippen LogP contribution in [0.3, 0.4) is 0 Å². The zero-order chi connectivity index (χ0) is 13.6. The van der Waals surface area contributed by atoms with E-state index in [4.69, 9.17) is 0 Å². The first kappa shape index (κ1) is 15.7. The molecule has 0 amide bonds. The molecule has 1 rings (SSSR count). The average Bonchev–Trinajstić information content (AvgIpc) is 2.27. The van der Waals surface area contributed by atoms with Gasteiger partial charge in [-0.15, -0.1) is 0 Å². The molecule has 6 heteroatoms. The van der Waals surface area contributed by atoms with E-state index in [2.05, 4.69) is 21.2 Å². The highest BCUT2D eigenvalue weighted by molar-refractivity contribution is 9.10. The van der Waals surface area contributed by atoms with Crippen LogP contribution in [0.5, 0.6) is 0 Å². The van der Waals surface area contributed by atoms with Crippen molar-refractivity contribution in [2.45, 2.75) is 19.0 Å². The molecule has 0 bridgehead atoms. The summed E-state index contributed by atoms with van der Waals surface area (Å²) in [4.78, 5) is 0. The molecular formula is C12H15BrF3NS. The first-order valence-electron chi connectivity index (χ1n) is 5.54. The lowest BCUT2D eigenvalue weighted by atomic mass is 10.2. The van der Waals surface area contributed by atoms with Crippen molar-refractivity contribution >= 4 is 33.4 Å². The van der Waals surface area contributed by atoms with E-state index in [1.165, 1.54) is 0 Å². The van der Waals surface area contributed by atoms with Crippen molar-refractivity contribution in [1.82, 2.24) is 0 Å². The Bertz CT molecular complexity index is 382. The summed E-state index contributed by atoms with van der Waals surface area (Å²) in [5, 5.41) is 3.02. The lowest BCUT2D eigenvalue weighted by Crippen LogP contribution is -2.07. The summed E-state index contributed by atoms with van der Waals surface area (Å²) in [6.07, 6.45) is -0.251. The molecule has 0 aliphatic heterocycles. The maximum Gasteiger partial charge on any atom is 0.416 e. The predicted molar refractivity (Wildman–Crippen MR) is 75.2 cm³/mol. The largest absolute Gasteiger partial charge is 0.416 e. The molecule has 0 unspecified atom stereocenters. The van der Waals surface area contributed by atoms with Gasteiger partial charge in [0.1, 0.15) is 0 Å². The average molecular weight is 342 g/mol. The van der Waals surface area contributed by atoms with E-state index < -0.39 is 11.7 Å². The Balaban J connectivity index is 2.58. The summed E-state index contributed by atoms with van der Waals surface area (Å²) < 4.78 is 38.2. The molecule has 102 valence electrons. The van der Waals surface area contributed by atoms with Crippen LogP contribution in [0.4, 0.5) is 18.9 Å². The van der Waals surface area contributed by atoms with Crippen LogP contribution in [0.1, 0.15) is 18.4 Å². The van der Waals surface area contributed by atoms with E-state index in [0.717, 1.165) is 30.7 Å². The Hall–Kier alpha value is -0.360. The first-order chi connectivity index (χ1) is 8.43. The minimum absolute atomic E-state index is 0.434. The number of anilines is 1. The summed E-state index contributed by atoms with van der Waals surface area (Å²) in [6.45, 7) is 0.689. The van der Waals surface area contributed by atoms with Gasteiger partial charge in [0.2, 0.25) is 0 Å². The maximum atomic E-state index is 12.6. The van der Waals surface area contributed by atoms with Crippen LogP contribution < -0.4 is 5.32 Å². The van der Waals surface area contributed by atoms with Crippen molar-refractivity contribution < 1.29 is 13.2 Å². The highest BCUT2D eigenvalue weighted by atomic mass is 79.9.